The molecule has 3 heteroatoms. The van der Waals surface area contributed by atoms with Gasteiger partial charge in [-0.25, -0.2) is 0 Å². The zero-order valence-corrected chi connectivity index (χ0v) is 10.3. The summed E-state index contributed by atoms with van der Waals surface area (Å²) in [5.41, 5.74) is 0. The largest absolute Gasteiger partial charge is 0.352 e. The molecule has 0 unspecified atom stereocenters. The van der Waals surface area contributed by atoms with E-state index in [1.54, 1.807) is 0 Å². The Hall–Kier alpha value is -0.570. The van der Waals surface area contributed by atoms with Crippen LogP contribution >= 0.6 is 0 Å². The Morgan fingerprint density at radius 1 is 1.25 bits per heavy atom. The number of carbonyl (C=O) groups excluding carboxylic acids is 1. The van der Waals surface area contributed by atoms with E-state index in [1.807, 2.05) is 0 Å². The van der Waals surface area contributed by atoms with Gasteiger partial charge in [-0.2, -0.15) is 0 Å². The lowest BCUT2D eigenvalue weighted by molar-refractivity contribution is -0.123. The van der Waals surface area contributed by atoms with Crippen molar-refractivity contribution >= 4 is 5.91 Å². The van der Waals surface area contributed by atoms with Crippen LogP contribution in [0.15, 0.2) is 0 Å². The molecule has 0 radical (unpaired) electrons. The van der Waals surface area contributed by atoms with Gasteiger partial charge in [-0.15, -0.1) is 0 Å². The maximum Gasteiger partial charge on any atom is 0.237 e. The number of amides is 1. The van der Waals surface area contributed by atoms with Crippen LogP contribution in [0.1, 0.15) is 51.9 Å². The van der Waals surface area contributed by atoms with E-state index in [1.165, 1.54) is 32.1 Å². The molecule has 0 aromatic rings. The van der Waals surface area contributed by atoms with Crippen LogP contribution < -0.4 is 10.6 Å². The highest BCUT2D eigenvalue weighted by Gasteiger charge is 2.26. The van der Waals surface area contributed by atoms with E-state index in [0.717, 1.165) is 25.3 Å². The lowest BCUT2D eigenvalue weighted by Gasteiger charge is -2.29. The highest BCUT2D eigenvalue weighted by atomic mass is 16.2. The van der Waals surface area contributed by atoms with Crippen LogP contribution in [0.5, 0.6) is 0 Å². The molecule has 2 fully saturated rings. The van der Waals surface area contributed by atoms with Gasteiger partial charge in [0.2, 0.25) is 5.91 Å². The first-order valence-electron chi connectivity index (χ1n) is 6.83. The highest BCUT2D eigenvalue weighted by molar-refractivity contribution is 5.82. The summed E-state index contributed by atoms with van der Waals surface area (Å²) >= 11 is 0. The summed E-state index contributed by atoms with van der Waals surface area (Å²) in [4.78, 5) is 11.9. The molecule has 0 spiro atoms. The molecule has 1 saturated carbocycles. The van der Waals surface area contributed by atoms with E-state index in [-0.39, 0.29) is 11.9 Å². The third kappa shape index (κ3) is 2.97. The maximum atomic E-state index is 11.9. The SMILES string of the molecule is CCC1CCC(NC(=O)[C@@H]2CCCN2)CC1. The molecule has 2 N–H and O–H groups in total. The molecule has 0 aromatic heterocycles. The van der Waals surface area contributed by atoms with Gasteiger partial charge in [0.25, 0.3) is 0 Å². The van der Waals surface area contributed by atoms with Gasteiger partial charge in [-0.3, -0.25) is 4.79 Å². The fraction of sp³-hybridized carbons (Fsp3) is 0.923. The Bertz CT molecular complexity index is 228. The van der Waals surface area contributed by atoms with Gasteiger partial charge in [0.1, 0.15) is 0 Å². The fourth-order valence-electron chi connectivity index (χ4n) is 2.93. The maximum absolute atomic E-state index is 11.9. The van der Waals surface area contributed by atoms with Crippen LogP contribution in [0.25, 0.3) is 0 Å². The van der Waals surface area contributed by atoms with Gasteiger partial charge in [0, 0.05) is 6.04 Å². The number of hydrogen-bond acceptors (Lipinski definition) is 2. The van der Waals surface area contributed by atoms with E-state index in [2.05, 4.69) is 17.6 Å². The first kappa shape index (κ1) is 11.9. The normalized spacial score (nSPS) is 34.9. The topological polar surface area (TPSA) is 41.1 Å². The van der Waals surface area contributed by atoms with Crippen LogP contribution in [-0.2, 0) is 4.79 Å². The zero-order chi connectivity index (χ0) is 11.4. The van der Waals surface area contributed by atoms with Crippen LogP contribution in [0.2, 0.25) is 0 Å². The van der Waals surface area contributed by atoms with Crippen molar-refractivity contribution < 1.29 is 4.79 Å². The van der Waals surface area contributed by atoms with Gasteiger partial charge in [-0.05, 0) is 51.0 Å². The second kappa shape index (κ2) is 5.67. The van der Waals surface area contributed by atoms with Crippen molar-refractivity contribution in [2.75, 3.05) is 6.54 Å². The molecular weight excluding hydrogens is 200 g/mol. The average Bonchev–Trinajstić information content (AvgIpc) is 2.83. The molecule has 1 atom stereocenters. The van der Waals surface area contributed by atoms with Gasteiger partial charge in [0.15, 0.2) is 0 Å². The van der Waals surface area contributed by atoms with Crippen molar-refractivity contribution in [2.45, 2.75) is 64.0 Å². The lowest BCUT2D eigenvalue weighted by atomic mass is 9.84. The van der Waals surface area contributed by atoms with Crippen LogP contribution in [0.4, 0.5) is 0 Å². The van der Waals surface area contributed by atoms with Crippen LogP contribution in [0, 0.1) is 5.92 Å². The van der Waals surface area contributed by atoms with Crippen molar-refractivity contribution in [2.24, 2.45) is 5.92 Å². The monoisotopic (exact) mass is 224 g/mol. The molecule has 1 amide bonds. The molecule has 0 bridgehead atoms. The molecule has 16 heavy (non-hydrogen) atoms. The van der Waals surface area contributed by atoms with Gasteiger partial charge >= 0.3 is 0 Å². The van der Waals surface area contributed by atoms with Crippen molar-refractivity contribution in [1.82, 2.24) is 10.6 Å². The van der Waals surface area contributed by atoms with E-state index < -0.39 is 0 Å². The van der Waals surface area contributed by atoms with Crippen LogP contribution in [-0.4, -0.2) is 24.5 Å². The van der Waals surface area contributed by atoms with Crippen molar-refractivity contribution in [3.63, 3.8) is 0 Å². The molecule has 2 aliphatic rings. The molecular formula is C13H24N2O. The summed E-state index contributed by atoms with van der Waals surface area (Å²) in [6, 6.07) is 0.529. The molecule has 0 aromatic carbocycles. The second-order valence-electron chi connectivity index (χ2n) is 5.28. The third-order valence-electron chi connectivity index (χ3n) is 4.15. The van der Waals surface area contributed by atoms with Crippen LogP contribution in [0.3, 0.4) is 0 Å². The number of carbonyl (C=O) groups is 1. The number of rotatable bonds is 3. The minimum Gasteiger partial charge on any atom is -0.352 e. The van der Waals surface area contributed by atoms with E-state index in [4.69, 9.17) is 0 Å². The fourth-order valence-corrected chi connectivity index (χ4v) is 2.93. The zero-order valence-electron chi connectivity index (χ0n) is 10.3. The quantitative estimate of drug-likeness (QED) is 0.768. The Morgan fingerprint density at radius 3 is 2.56 bits per heavy atom. The summed E-state index contributed by atoms with van der Waals surface area (Å²) in [7, 11) is 0. The van der Waals surface area contributed by atoms with Gasteiger partial charge in [-0.1, -0.05) is 13.3 Å². The Morgan fingerprint density at radius 2 is 2.00 bits per heavy atom. The van der Waals surface area contributed by atoms with Crippen molar-refractivity contribution in [3.05, 3.63) is 0 Å². The summed E-state index contributed by atoms with van der Waals surface area (Å²) in [6.07, 6.45) is 8.38. The second-order valence-corrected chi connectivity index (χ2v) is 5.28. The van der Waals surface area contributed by atoms with E-state index in [0.29, 0.717) is 6.04 Å². The van der Waals surface area contributed by atoms with E-state index in [9.17, 15) is 4.79 Å². The predicted molar refractivity (Wildman–Crippen MR) is 65.2 cm³/mol. The summed E-state index contributed by atoms with van der Waals surface area (Å²) in [5.74, 6) is 1.13. The van der Waals surface area contributed by atoms with Crippen molar-refractivity contribution in [1.29, 1.82) is 0 Å². The van der Waals surface area contributed by atoms with E-state index >= 15 is 0 Å². The average molecular weight is 224 g/mol. The smallest absolute Gasteiger partial charge is 0.237 e. The predicted octanol–water partition coefficient (Wildman–Crippen LogP) is 1.82. The molecule has 2 rings (SSSR count). The summed E-state index contributed by atoms with van der Waals surface area (Å²) in [6.45, 7) is 3.27. The Kier molecular flexibility index (Phi) is 4.22. The molecule has 1 aliphatic carbocycles. The van der Waals surface area contributed by atoms with Gasteiger partial charge < -0.3 is 10.6 Å². The summed E-state index contributed by atoms with van der Waals surface area (Å²) < 4.78 is 0. The third-order valence-corrected chi connectivity index (χ3v) is 4.15. The minimum absolute atomic E-state index is 0.0869. The van der Waals surface area contributed by atoms with Crippen molar-refractivity contribution in [3.8, 4) is 0 Å². The molecule has 92 valence electrons. The lowest BCUT2D eigenvalue weighted by Crippen LogP contribution is -2.46. The van der Waals surface area contributed by atoms with Gasteiger partial charge in [0.05, 0.1) is 6.04 Å². The number of hydrogen-bond donors (Lipinski definition) is 2. The Labute approximate surface area is 98.4 Å². The molecule has 1 saturated heterocycles. The standard InChI is InChI=1S/C13H24N2O/c1-2-10-5-7-11(8-6-10)15-13(16)12-4-3-9-14-12/h10-12,14H,2-9H2,1H3,(H,15,16)/t10?,11?,12-/m0/s1. The molecule has 1 heterocycles. The molecule has 1 aliphatic heterocycles. The summed E-state index contributed by atoms with van der Waals surface area (Å²) in [5, 5.41) is 6.46. The first-order valence-corrected chi connectivity index (χ1v) is 6.83. The highest BCUT2D eigenvalue weighted by Crippen LogP contribution is 2.26. The first-order chi connectivity index (χ1) is 7.79. The minimum atomic E-state index is 0.0869. The molecule has 3 nitrogen and oxygen atoms in total. The Balaban J connectivity index is 1.71. The number of nitrogens with one attached hydrogen (secondary N) is 2.